The second kappa shape index (κ2) is 4.20. The Hall–Kier alpha value is -1.84. The van der Waals surface area contributed by atoms with E-state index in [-0.39, 0.29) is 17.9 Å². The SMILES string of the molecule is CC(C)N(C)C(=O)c1ccc2c(c1)NC(=O)C2. The smallest absolute Gasteiger partial charge is 0.253 e. The van der Waals surface area contributed by atoms with Crippen molar-refractivity contribution >= 4 is 17.5 Å². The van der Waals surface area contributed by atoms with E-state index in [1.165, 1.54) is 0 Å². The number of nitrogens with one attached hydrogen (secondary N) is 1. The predicted octanol–water partition coefficient (Wildman–Crippen LogP) is 1.66. The van der Waals surface area contributed by atoms with Gasteiger partial charge < -0.3 is 10.2 Å². The molecule has 1 aliphatic rings. The van der Waals surface area contributed by atoms with E-state index in [2.05, 4.69) is 5.32 Å². The molecule has 0 saturated carbocycles. The average molecular weight is 232 g/mol. The lowest BCUT2D eigenvalue weighted by atomic mass is 10.1. The number of carbonyl (C=O) groups excluding carboxylic acids is 2. The molecule has 0 aliphatic carbocycles. The Labute approximate surface area is 101 Å². The van der Waals surface area contributed by atoms with Gasteiger partial charge in [-0.1, -0.05) is 6.07 Å². The molecule has 0 aromatic heterocycles. The fraction of sp³-hybridized carbons (Fsp3) is 0.385. The van der Waals surface area contributed by atoms with Crippen molar-refractivity contribution in [1.29, 1.82) is 0 Å². The summed E-state index contributed by atoms with van der Waals surface area (Å²) in [5, 5.41) is 2.75. The zero-order chi connectivity index (χ0) is 12.6. The van der Waals surface area contributed by atoms with Gasteiger partial charge >= 0.3 is 0 Å². The van der Waals surface area contributed by atoms with Crippen LogP contribution in [0.3, 0.4) is 0 Å². The van der Waals surface area contributed by atoms with Crippen molar-refractivity contribution in [1.82, 2.24) is 4.90 Å². The average Bonchev–Trinajstić information content (AvgIpc) is 2.65. The molecular formula is C13H16N2O2. The third-order valence-electron chi connectivity index (χ3n) is 3.08. The van der Waals surface area contributed by atoms with E-state index in [0.29, 0.717) is 12.0 Å². The Morgan fingerprint density at radius 2 is 2.12 bits per heavy atom. The molecule has 0 atom stereocenters. The molecule has 4 heteroatoms. The maximum Gasteiger partial charge on any atom is 0.253 e. The van der Waals surface area contributed by atoms with Crippen LogP contribution in [0.2, 0.25) is 0 Å². The number of anilines is 1. The Bertz CT molecular complexity index is 480. The minimum atomic E-state index is -0.0241. The quantitative estimate of drug-likeness (QED) is 0.843. The molecule has 1 aliphatic heterocycles. The van der Waals surface area contributed by atoms with Gasteiger partial charge in [-0.2, -0.15) is 0 Å². The van der Waals surface area contributed by atoms with Gasteiger partial charge in [0.05, 0.1) is 6.42 Å². The Balaban J connectivity index is 2.27. The van der Waals surface area contributed by atoms with E-state index in [9.17, 15) is 9.59 Å². The lowest BCUT2D eigenvalue weighted by Crippen LogP contribution is -2.32. The van der Waals surface area contributed by atoms with Crippen molar-refractivity contribution in [2.24, 2.45) is 0 Å². The van der Waals surface area contributed by atoms with Gasteiger partial charge in [-0.3, -0.25) is 9.59 Å². The standard InChI is InChI=1S/C13H16N2O2/c1-8(2)15(3)13(17)10-5-4-9-7-12(16)14-11(9)6-10/h4-6,8H,7H2,1-3H3,(H,14,16). The van der Waals surface area contributed by atoms with Gasteiger partial charge in [0.2, 0.25) is 5.91 Å². The monoisotopic (exact) mass is 232 g/mol. The molecule has 0 spiro atoms. The van der Waals surface area contributed by atoms with Crippen molar-refractivity contribution in [2.45, 2.75) is 26.3 Å². The summed E-state index contributed by atoms with van der Waals surface area (Å²) in [6, 6.07) is 5.53. The number of benzene rings is 1. The fourth-order valence-electron chi connectivity index (χ4n) is 1.79. The Kier molecular flexibility index (Phi) is 2.88. The van der Waals surface area contributed by atoms with E-state index in [1.807, 2.05) is 19.9 Å². The molecule has 0 unspecified atom stereocenters. The van der Waals surface area contributed by atoms with E-state index < -0.39 is 0 Å². The van der Waals surface area contributed by atoms with Crippen LogP contribution in [0.5, 0.6) is 0 Å². The molecule has 2 amide bonds. The van der Waals surface area contributed by atoms with Crippen molar-refractivity contribution in [3.8, 4) is 0 Å². The zero-order valence-electron chi connectivity index (χ0n) is 10.3. The number of hydrogen-bond acceptors (Lipinski definition) is 2. The summed E-state index contributed by atoms with van der Waals surface area (Å²) in [6.45, 7) is 3.93. The number of fused-ring (bicyclic) bond motifs is 1. The van der Waals surface area contributed by atoms with Crippen molar-refractivity contribution in [2.75, 3.05) is 12.4 Å². The second-order valence-electron chi connectivity index (χ2n) is 4.61. The molecule has 1 heterocycles. The van der Waals surface area contributed by atoms with Crippen LogP contribution < -0.4 is 5.32 Å². The fourth-order valence-corrected chi connectivity index (χ4v) is 1.79. The lowest BCUT2D eigenvalue weighted by Gasteiger charge is -2.21. The predicted molar refractivity (Wildman–Crippen MR) is 66.0 cm³/mol. The number of carbonyl (C=O) groups is 2. The molecule has 0 fully saturated rings. The topological polar surface area (TPSA) is 49.4 Å². The van der Waals surface area contributed by atoms with Crippen molar-refractivity contribution in [3.63, 3.8) is 0 Å². The molecule has 90 valence electrons. The largest absolute Gasteiger partial charge is 0.339 e. The number of amides is 2. The normalized spacial score (nSPS) is 13.5. The summed E-state index contributed by atoms with van der Waals surface area (Å²) >= 11 is 0. The van der Waals surface area contributed by atoms with Gasteiger partial charge in [0.15, 0.2) is 0 Å². The summed E-state index contributed by atoms with van der Waals surface area (Å²) < 4.78 is 0. The molecule has 2 rings (SSSR count). The third kappa shape index (κ3) is 2.16. The maximum atomic E-state index is 12.1. The second-order valence-corrected chi connectivity index (χ2v) is 4.61. The van der Waals surface area contributed by atoms with Gasteiger partial charge in [-0.15, -0.1) is 0 Å². The highest BCUT2D eigenvalue weighted by Gasteiger charge is 2.20. The summed E-state index contributed by atoms with van der Waals surface area (Å²) in [4.78, 5) is 25.0. The van der Waals surface area contributed by atoms with Crippen LogP contribution in [-0.4, -0.2) is 29.8 Å². The summed E-state index contributed by atoms with van der Waals surface area (Å²) in [5.41, 5.74) is 2.33. The van der Waals surface area contributed by atoms with Gasteiger partial charge in [0.25, 0.3) is 5.91 Å². The number of nitrogens with zero attached hydrogens (tertiary/aromatic N) is 1. The summed E-state index contributed by atoms with van der Waals surface area (Å²) in [7, 11) is 1.78. The van der Waals surface area contributed by atoms with E-state index in [1.54, 1.807) is 24.1 Å². The highest BCUT2D eigenvalue weighted by Crippen LogP contribution is 2.24. The minimum Gasteiger partial charge on any atom is -0.339 e. The number of rotatable bonds is 2. The van der Waals surface area contributed by atoms with Crippen molar-refractivity contribution < 1.29 is 9.59 Å². The lowest BCUT2D eigenvalue weighted by molar-refractivity contribution is -0.115. The molecular weight excluding hydrogens is 216 g/mol. The molecule has 1 aromatic rings. The first-order chi connectivity index (χ1) is 7.99. The molecule has 0 radical (unpaired) electrons. The van der Waals surface area contributed by atoms with Gasteiger partial charge in [-0.25, -0.2) is 0 Å². The first-order valence-corrected chi connectivity index (χ1v) is 5.69. The van der Waals surface area contributed by atoms with Crippen LogP contribution in [0.4, 0.5) is 5.69 Å². The number of hydrogen-bond donors (Lipinski definition) is 1. The van der Waals surface area contributed by atoms with Crippen LogP contribution in [-0.2, 0) is 11.2 Å². The highest BCUT2D eigenvalue weighted by atomic mass is 16.2. The van der Waals surface area contributed by atoms with Crippen LogP contribution >= 0.6 is 0 Å². The van der Waals surface area contributed by atoms with Crippen LogP contribution in [0.15, 0.2) is 18.2 Å². The first-order valence-electron chi connectivity index (χ1n) is 5.69. The van der Waals surface area contributed by atoms with E-state index >= 15 is 0 Å². The Morgan fingerprint density at radius 3 is 2.76 bits per heavy atom. The van der Waals surface area contributed by atoms with E-state index in [4.69, 9.17) is 0 Å². The summed E-state index contributed by atoms with van der Waals surface area (Å²) in [5.74, 6) is -0.0363. The molecule has 1 aromatic carbocycles. The van der Waals surface area contributed by atoms with Crippen LogP contribution in [0.1, 0.15) is 29.8 Å². The zero-order valence-corrected chi connectivity index (χ0v) is 10.3. The van der Waals surface area contributed by atoms with Gasteiger partial charge in [-0.05, 0) is 31.5 Å². The van der Waals surface area contributed by atoms with Crippen LogP contribution in [0, 0.1) is 0 Å². The first kappa shape index (κ1) is 11.6. The van der Waals surface area contributed by atoms with Crippen molar-refractivity contribution in [3.05, 3.63) is 29.3 Å². The molecule has 1 N–H and O–H groups in total. The van der Waals surface area contributed by atoms with E-state index in [0.717, 1.165) is 11.3 Å². The van der Waals surface area contributed by atoms with Gasteiger partial charge in [0.1, 0.15) is 0 Å². The molecule has 0 saturated heterocycles. The molecule has 17 heavy (non-hydrogen) atoms. The minimum absolute atomic E-state index is 0.0122. The van der Waals surface area contributed by atoms with Crippen LogP contribution in [0.25, 0.3) is 0 Å². The highest BCUT2D eigenvalue weighted by molar-refractivity contribution is 6.02. The maximum absolute atomic E-state index is 12.1. The molecule has 0 bridgehead atoms. The summed E-state index contributed by atoms with van der Waals surface area (Å²) in [6.07, 6.45) is 0.407. The Morgan fingerprint density at radius 1 is 1.41 bits per heavy atom. The third-order valence-corrected chi connectivity index (χ3v) is 3.08. The molecule has 4 nitrogen and oxygen atoms in total. The van der Waals surface area contributed by atoms with Gasteiger partial charge in [0, 0.05) is 24.3 Å².